The Balaban J connectivity index is 1.79. The van der Waals surface area contributed by atoms with Crippen LogP contribution in [-0.2, 0) is 27.9 Å². The number of pyridine rings is 1. The highest BCUT2D eigenvalue weighted by Gasteiger charge is 2.25. The lowest BCUT2D eigenvalue weighted by Crippen LogP contribution is -2.30. The molecule has 0 spiro atoms. The topological polar surface area (TPSA) is 117 Å². The third-order valence-corrected chi connectivity index (χ3v) is 7.50. The predicted molar refractivity (Wildman–Crippen MR) is 136 cm³/mol. The summed E-state index contributed by atoms with van der Waals surface area (Å²) >= 11 is 0. The molecule has 0 radical (unpaired) electrons. The highest BCUT2D eigenvalue weighted by Crippen LogP contribution is 2.24. The Morgan fingerprint density at radius 1 is 1.00 bits per heavy atom. The minimum absolute atomic E-state index is 0.0920. The van der Waals surface area contributed by atoms with Crippen LogP contribution in [0.3, 0.4) is 0 Å². The summed E-state index contributed by atoms with van der Waals surface area (Å²) in [6.07, 6.45) is 6.11. The van der Waals surface area contributed by atoms with E-state index in [2.05, 4.69) is 11.9 Å². The molecule has 8 nitrogen and oxygen atoms in total. The molecule has 3 rings (SSSR count). The zero-order valence-corrected chi connectivity index (χ0v) is 21.1. The number of unbranched alkanes of at least 4 members (excludes halogenated alkanes) is 2. The van der Waals surface area contributed by atoms with Gasteiger partial charge in [0.25, 0.3) is 0 Å². The maximum absolute atomic E-state index is 13.5. The van der Waals surface area contributed by atoms with E-state index >= 15 is 0 Å². The number of hydrogen-bond acceptors (Lipinski definition) is 6. The van der Waals surface area contributed by atoms with Gasteiger partial charge in [-0.3, -0.25) is 4.98 Å². The van der Waals surface area contributed by atoms with Crippen LogP contribution in [0.1, 0.15) is 55.4 Å². The number of benzene rings is 2. The summed E-state index contributed by atoms with van der Waals surface area (Å²) in [4.78, 5) is 14.8. The number of aromatic nitrogens is 1. The van der Waals surface area contributed by atoms with E-state index in [9.17, 15) is 18.3 Å². The van der Waals surface area contributed by atoms with Crippen molar-refractivity contribution >= 4 is 16.0 Å². The minimum Gasteiger partial charge on any atom is -0.482 e. The fraction of sp³-hybridized carbons (Fsp3) is 0.333. The molecule has 0 bridgehead atoms. The number of carboxylic acid groups (broad SMARTS) is 1. The van der Waals surface area contributed by atoms with Gasteiger partial charge in [-0.15, -0.1) is 0 Å². The van der Waals surface area contributed by atoms with Crippen LogP contribution in [0.15, 0.2) is 78.0 Å². The largest absolute Gasteiger partial charge is 0.482 e. The van der Waals surface area contributed by atoms with Gasteiger partial charge in [-0.2, -0.15) is 4.31 Å². The fourth-order valence-electron chi connectivity index (χ4n) is 3.72. The molecule has 1 aromatic heterocycles. The molecule has 0 saturated heterocycles. The van der Waals surface area contributed by atoms with Crippen LogP contribution < -0.4 is 4.74 Å². The first-order valence-electron chi connectivity index (χ1n) is 11.9. The molecule has 0 fully saturated rings. The molecule has 36 heavy (non-hydrogen) atoms. The Labute approximate surface area is 212 Å². The highest BCUT2D eigenvalue weighted by atomic mass is 32.2. The second-order valence-corrected chi connectivity index (χ2v) is 10.5. The van der Waals surface area contributed by atoms with Crippen molar-refractivity contribution < 1.29 is 28.2 Å². The van der Waals surface area contributed by atoms with Crippen LogP contribution in [0, 0.1) is 0 Å². The molecule has 0 saturated carbocycles. The third kappa shape index (κ3) is 7.87. The van der Waals surface area contributed by atoms with Crippen molar-refractivity contribution in [2.24, 2.45) is 0 Å². The summed E-state index contributed by atoms with van der Waals surface area (Å²) in [7, 11) is -3.86. The molecular formula is C27H32N2O6S. The Bertz CT molecular complexity index is 1200. The first kappa shape index (κ1) is 27.3. The number of carboxylic acids is 1. The summed E-state index contributed by atoms with van der Waals surface area (Å²) < 4.78 is 33.5. The van der Waals surface area contributed by atoms with E-state index in [0.29, 0.717) is 17.7 Å². The Morgan fingerprint density at radius 2 is 1.64 bits per heavy atom. The SMILES string of the molecule is CCCCCC(O)c1ccc(CN(Cc2ccc(OCC(=O)O)cc2)S(=O)(=O)c2cccnc2)cc1. The molecule has 1 heterocycles. The van der Waals surface area contributed by atoms with Gasteiger partial charge in [0.05, 0.1) is 6.10 Å². The first-order valence-corrected chi connectivity index (χ1v) is 13.3. The molecule has 1 unspecified atom stereocenters. The second-order valence-electron chi connectivity index (χ2n) is 8.54. The van der Waals surface area contributed by atoms with Gasteiger partial charge in [0.1, 0.15) is 10.6 Å². The average Bonchev–Trinajstić information content (AvgIpc) is 2.89. The number of sulfonamides is 1. The van der Waals surface area contributed by atoms with Crippen molar-refractivity contribution in [1.29, 1.82) is 0 Å². The van der Waals surface area contributed by atoms with Crippen molar-refractivity contribution in [3.63, 3.8) is 0 Å². The molecule has 0 aliphatic carbocycles. The van der Waals surface area contributed by atoms with Gasteiger partial charge in [0.2, 0.25) is 10.0 Å². The smallest absolute Gasteiger partial charge is 0.341 e. The second kappa shape index (κ2) is 13.2. The molecule has 192 valence electrons. The zero-order valence-electron chi connectivity index (χ0n) is 20.3. The maximum Gasteiger partial charge on any atom is 0.341 e. The first-order chi connectivity index (χ1) is 17.3. The number of hydrogen-bond donors (Lipinski definition) is 2. The lowest BCUT2D eigenvalue weighted by molar-refractivity contribution is -0.139. The van der Waals surface area contributed by atoms with Crippen molar-refractivity contribution in [3.8, 4) is 5.75 Å². The van der Waals surface area contributed by atoms with E-state index in [1.807, 2.05) is 24.3 Å². The number of carbonyl (C=O) groups is 1. The van der Waals surface area contributed by atoms with Gasteiger partial charge in [0, 0.05) is 25.5 Å². The normalized spacial score (nSPS) is 12.4. The number of aliphatic carboxylic acids is 1. The molecule has 9 heteroatoms. The molecule has 3 aromatic rings. The maximum atomic E-state index is 13.5. The van der Waals surface area contributed by atoms with Crippen LogP contribution in [0.4, 0.5) is 0 Å². The van der Waals surface area contributed by atoms with Crippen LogP contribution >= 0.6 is 0 Å². The molecule has 2 aromatic carbocycles. The quantitative estimate of drug-likeness (QED) is 0.304. The van der Waals surface area contributed by atoms with E-state index in [1.165, 1.54) is 22.8 Å². The van der Waals surface area contributed by atoms with Gasteiger partial charge >= 0.3 is 5.97 Å². The number of aliphatic hydroxyl groups excluding tert-OH is 1. The molecule has 0 aliphatic rings. The summed E-state index contributed by atoms with van der Waals surface area (Å²) in [5, 5.41) is 19.2. The van der Waals surface area contributed by atoms with Crippen molar-refractivity contribution in [2.45, 2.75) is 56.7 Å². The van der Waals surface area contributed by atoms with Crippen LogP contribution in [-0.4, -0.2) is 40.5 Å². The van der Waals surface area contributed by atoms with Gasteiger partial charge < -0.3 is 14.9 Å². The van der Waals surface area contributed by atoms with E-state index in [4.69, 9.17) is 9.84 Å². The Kier molecular flexibility index (Phi) is 9.98. The summed E-state index contributed by atoms with van der Waals surface area (Å²) in [5.74, 6) is -0.691. The summed E-state index contributed by atoms with van der Waals surface area (Å²) in [6, 6.07) is 17.1. The minimum atomic E-state index is -3.86. The Hall–Kier alpha value is -3.27. The molecule has 2 N–H and O–H groups in total. The average molecular weight is 513 g/mol. The van der Waals surface area contributed by atoms with Crippen LogP contribution in [0.5, 0.6) is 5.75 Å². The lowest BCUT2D eigenvalue weighted by atomic mass is 10.0. The van der Waals surface area contributed by atoms with Gasteiger partial charge in [-0.25, -0.2) is 13.2 Å². The molecule has 1 atom stereocenters. The number of rotatable bonds is 14. The number of nitrogens with zero attached hydrogens (tertiary/aromatic N) is 2. The number of aliphatic hydroxyl groups is 1. The molecule has 0 aliphatic heterocycles. The van der Waals surface area contributed by atoms with E-state index < -0.39 is 28.7 Å². The monoisotopic (exact) mass is 512 g/mol. The van der Waals surface area contributed by atoms with Crippen LogP contribution in [0.25, 0.3) is 0 Å². The van der Waals surface area contributed by atoms with Gasteiger partial charge in [-0.1, -0.05) is 62.6 Å². The predicted octanol–water partition coefficient (Wildman–Crippen LogP) is 4.55. The molecular weight excluding hydrogens is 480 g/mol. The summed E-state index contributed by atoms with van der Waals surface area (Å²) in [6.45, 7) is 1.89. The van der Waals surface area contributed by atoms with Crippen molar-refractivity contribution in [3.05, 3.63) is 89.7 Å². The van der Waals surface area contributed by atoms with E-state index in [1.54, 1.807) is 30.3 Å². The lowest BCUT2D eigenvalue weighted by Gasteiger charge is -2.23. The van der Waals surface area contributed by atoms with Crippen molar-refractivity contribution in [1.82, 2.24) is 9.29 Å². The zero-order chi connectivity index (χ0) is 26.0. The third-order valence-electron chi connectivity index (χ3n) is 5.72. The number of ether oxygens (including phenoxy) is 1. The van der Waals surface area contributed by atoms with Crippen LogP contribution in [0.2, 0.25) is 0 Å². The summed E-state index contributed by atoms with van der Waals surface area (Å²) in [5.41, 5.74) is 2.31. The van der Waals surface area contributed by atoms with Crippen molar-refractivity contribution in [2.75, 3.05) is 6.61 Å². The van der Waals surface area contributed by atoms with E-state index in [-0.39, 0.29) is 18.0 Å². The Morgan fingerprint density at radius 3 is 2.19 bits per heavy atom. The van der Waals surface area contributed by atoms with Gasteiger partial charge in [0.15, 0.2) is 6.61 Å². The van der Waals surface area contributed by atoms with E-state index in [0.717, 1.165) is 30.4 Å². The fourth-order valence-corrected chi connectivity index (χ4v) is 5.10. The highest BCUT2D eigenvalue weighted by molar-refractivity contribution is 7.89. The van der Waals surface area contributed by atoms with Gasteiger partial charge in [-0.05, 0) is 47.4 Å². The standard InChI is InChI=1S/C27H32N2O6S/c1-2-3-4-7-26(30)23-12-8-21(9-13-23)18-29(36(33,34)25-6-5-16-28-17-25)19-22-10-14-24(15-11-22)35-20-27(31)32/h5-6,8-17,26,30H,2-4,7,18-20H2,1H3,(H,31,32). The molecule has 0 amide bonds.